The van der Waals surface area contributed by atoms with E-state index >= 15 is 0 Å². The summed E-state index contributed by atoms with van der Waals surface area (Å²) in [4.78, 5) is 41.6. The van der Waals surface area contributed by atoms with Gasteiger partial charge in [0, 0.05) is 44.1 Å². The van der Waals surface area contributed by atoms with Crippen molar-refractivity contribution in [2.75, 3.05) is 26.2 Å². The van der Waals surface area contributed by atoms with Gasteiger partial charge in [0.2, 0.25) is 0 Å². The molecule has 0 aliphatic carbocycles. The van der Waals surface area contributed by atoms with E-state index < -0.39 is 30.0 Å². The summed E-state index contributed by atoms with van der Waals surface area (Å²) in [6.45, 7) is 7.06. The van der Waals surface area contributed by atoms with Crippen LogP contribution < -0.4 is 21.5 Å². The fraction of sp³-hybridized carbons (Fsp3) is 0.417. The number of nitrogens with zero attached hydrogens (tertiary/aromatic N) is 1. The van der Waals surface area contributed by atoms with E-state index in [9.17, 15) is 19.5 Å². The maximum atomic E-state index is 13.9. The van der Waals surface area contributed by atoms with Crippen molar-refractivity contribution in [3.63, 3.8) is 0 Å². The number of Topliss-reactive ketones (excluding diaryl/α,β-unsaturated/α-hetero) is 2. The lowest BCUT2D eigenvalue weighted by atomic mass is 9.77. The Morgan fingerprint density at radius 1 is 0.889 bits per heavy atom. The van der Waals surface area contributed by atoms with Crippen LogP contribution in [0.1, 0.15) is 54.1 Å². The van der Waals surface area contributed by atoms with Gasteiger partial charge in [0.1, 0.15) is 18.1 Å². The minimum atomic E-state index is -1.28. The highest BCUT2D eigenvalue weighted by Crippen LogP contribution is 2.33. The van der Waals surface area contributed by atoms with Gasteiger partial charge >= 0.3 is 6.03 Å². The molecular formula is C36H46N4O5. The number of aliphatic hydroxyl groups excluding tert-OH is 1. The van der Waals surface area contributed by atoms with Gasteiger partial charge in [-0.15, -0.1) is 0 Å². The average Bonchev–Trinajstić information content (AvgIpc) is 3.43. The van der Waals surface area contributed by atoms with E-state index in [1.54, 1.807) is 4.90 Å². The molecule has 0 bridgehead atoms. The monoisotopic (exact) mass is 614 g/mol. The highest BCUT2D eigenvalue weighted by Gasteiger charge is 2.38. The minimum absolute atomic E-state index is 0.0633. The van der Waals surface area contributed by atoms with Crippen molar-refractivity contribution >= 4 is 17.6 Å². The molecule has 1 aliphatic rings. The number of aliphatic hydroxyl groups is 1. The molecule has 6 atom stereocenters. The molecule has 240 valence electrons. The number of ketones is 2. The van der Waals surface area contributed by atoms with E-state index in [0.717, 1.165) is 16.7 Å². The SMILES string of the molecule is Cc1cccc(C)c1OCC(=O)[C@@H](C(N)c1ccccc1)[C@@H](O)C[C@H](C(=O)CC(C)CN1CCNC1=O)C(N)c1ccccc1. The van der Waals surface area contributed by atoms with E-state index in [1.165, 1.54) is 0 Å². The van der Waals surface area contributed by atoms with Crippen LogP contribution in [0.2, 0.25) is 0 Å². The largest absolute Gasteiger partial charge is 0.485 e. The third-order valence-corrected chi connectivity index (χ3v) is 8.68. The van der Waals surface area contributed by atoms with Gasteiger partial charge in [-0.05, 0) is 48.4 Å². The number of carbonyl (C=O) groups is 3. The number of benzene rings is 3. The number of nitrogens with two attached hydrogens (primary N) is 2. The van der Waals surface area contributed by atoms with Crippen molar-refractivity contribution in [1.29, 1.82) is 0 Å². The van der Waals surface area contributed by atoms with Gasteiger partial charge in [0.15, 0.2) is 5.78 Å². The number of para-hydroxylation sites is 1. The zero-order chi connectivity index (χ0) is 32.5. The van der Waals surface area contributed by atoms with Gasteiger partial charge in [0.05, 0.1) is 12.0 Å². The van der Waals surface area contributed by atoms with Gasteiger partial charge in [-0.3, -0.25) is 9.59 Å². The van der Waals surface area contributed by atoms with Crippen LogP contribution in [0, 0.1) is 31.6 Å². The van der Waals surface area contributed by atoms with Gasteiger partial charge in [-0.25, -0.2) is 4.79 Å². The molecule has 3 unspecified atom stereocenters. The third kappa shape index (κ3) is 8.78. The van der Waals surface area contributed by atoms with Crippen LogP contribution in [-0.2, 0) is 9.59 Å². The van der Waals surface area contributed by atoms with Crippen molar-refractivity contribution in [1.82, 2.24) is 10.2 Å². The van der Waals surface area contributed by atoms with Crippen LogP contribution in [0.25, 0.3) is 0 Å². The number of urea groups is 1. The number of amides is 2. The fourth-order valence-corrected chi connectivity index (χ4v) is 6.22. The molecule has 45 heavy (non-hydrogen) atoms. The quantitative estimate of drug-likeness (QED) is 0.189. The first-order valence-corrected chi connectivity index (χ1v) is 15.6. The Balaban J connectivity index is 1.58. The molecule has 9 nitrogen and oxygen atoms in total. The summed E-state index contributed by atoms with van der Waals surface area (Å²) in [6.07, 6.45) is -1.18. The maximum Gasteiger partial charge on any atom is 0.317 e. The molecule has 9 heteroatoms. The Hall–Kier alpha value is -4.05. The maximum absolute atomic E-state index is 13.9. The van der Waals surface area contributed by atoms with Crippen molar-refractivity contribution in [2.24, 2.45) is 29.2 Å². The third-order valence-electron chi connectivity index (χ3n) is 8.68. The molecule has 4 rings (SSSR count). The summed E-state index contributed by atoms with van der Waals surface area (Å²) < 4.78 is 6.00. The highest BCUT2D eigenvalue weighted by molar-refractivity contribution is 5.85. The predicted molar refractivity (Wildman–Crippen MR) is 175 cm³/mol. The topological polar surface area (TPSA) is 148 Å². The van der Waals surface area contributed by atoms with Crippen molar-refractivity contribution < 1.29 is 24.2 Å². The molecule has 0 saturated carbocycles. The lowest BCUT2D eigenvalue weighted by Gasteiger charge is -2.32. The first-order chi connectivity index (χ1) is 21.6. The Kier molecular flexibility index (Phi) is 11.9. The lowest BCUT2D eigenvalue weighted by molar-refractivity contribution is -0.132. The van der Waals surface area contributed by atoms with Crippen molar-refractivity contribution in [3.8, 4) is 5.75 Å². The molecule has 1 heterocycles. The molecule has 1 fully saturated rings. The van der Waals surface area contributed by atoms with Crippen molar-refractivity contribution in [3.05, 3.63) is 101 Å². The van der Waals surface area contributed by atoms with Crippen LogP contribution in [0.15, 0.2) is 78.9 Å². The number of nitrogens with one attached hydrogen (secondary N) is 1. The molecule has 1 aliphatic heterocycles. The van der Waals surface area contributed by atoms with E-state index in [2.05, 4.69) is 5.32 Å². The van der Waals surface area contributed by atoms with Gasteiger partial charge < -0.3 is 31.5 Å². The molecule has 0 radical (unpaired) electrons. The predicted octanol–water partition coefficient (Wildman–Crippen LogP) is 4.26. The van der Waals surface area contributed by atoms with E-state index in [0.29, 0.717) is 30.9 Å². The summed E-state index contributed by atoms with van der Waals surface area (Å²) >= 11 is 0. The van der Waals surface area contributed by atoms with Gasteiger partial charge in [-0.1, -0.05) is 85.8 Å². The standard InChI is InChI=1S/C36H46N4O5/c1-23(21-40-18-17-39-36(40)44)19-29(41)28(33(37)26-13-6-4-7-14-26)20-30(42)32(34(38)27-15-8-5-9-16-27)31(43)22-45-35-24(2)11-10-12-25(35)3/h4-16,23,28,30,32-34,42H,17-22,37-38H2,1-3H3,(H,39,44)/t23?,28-,30+,32+,33?,34?/m1/s1. The number of aryl methyl sites for hydroxylation is 2. The second kappa shape index (κ2) is 15.8. The zero-order valence-electron chi connectivity index (χ0n) is 26.4. The molecule has 3 aromatic carbocycles. The normalized spacial score (nSPS) is 17.1. The Bertz CT molecular complexity index is 1410. The van der Waals surface area contributed by atoms with Crippen LogP contribution in [0.4, 0.5) is 4.79 Å². The van der Waals surface area contributed by atoms with Crippen molar-refractivity contribution in [2.45, 2.75) is 51.8 Å². The number of ether oxygens (including phenoxy) is 1. The molecule has 3 aromatic rings. The molecule has 6 N–H and O–H groups in total. The Morgan fingerprint density at radius 3 is 2.02 bits per heavy atom. The number of carbonyl (C=O) groups excluding carboxylic acids is 3. The van der Waals surface area contributed by atoms with E-state index in [4.69, 9.17) is 16.2 Å². The molecule has 1 saturated heterocycles. The summed E-state index contributed by atoms with van der Waals surface area (Å²) in [5.74, 6) is -1.86. The number of hydrogen-bond acceptors (Lipinski definition) is 7. The highest BCUT2D eigenvalue weighted by atomic mass is 16.5. The lowest BCUT2D eigenvalue weighted by Crippen LogP contribution is -2.43. The first kappa shape index (κ1) is 33.8. The summed E-state index contributed by atoms with van der Waals surface area (Å²) in [5.41, 5.74) is 16.7. The second-order valence-electron chi connectivity index (χ2n) is 12.2. The second-order valence-corrected chi connectivity index (χ2v) is 12.2. The molecule has 0 spiro atoms. The molecule has 0 aromatic heterocycles. The molecular weight excluding hydrogens is 568 g/mol. The number of rotatable bonds is 16. The number of hydrogen-bond donors (Lipinski definition) is 4. The smallest absolute Gasteiger partial charge is 0.317 e. The first-order valence-electron chi connectivity index (χ1n) is 15.6. The zero-order valence-corrected chi connectivity index (χ0v) is 26.4. The van der Waals surface area contributed by atoms with E-state index in [1.807, 2.05) is 99.6 Å². The fourth-order valence-electron chi connectivity index (χ4n) is 6.22. The van der Waals surface area contributed by atoms with Crippen LogP contribution in [0.5, 0.6) is 5.75 Å². The minimum Gasteiger partial charge on any atom is -0.485 e. The summed E-state index contributed by atoms with van der Waals surface area (Å²) in [7, 11) is 0. The summed E-state index contributed by atoms with van der Waals surface area (Å²) in [6, 6.07) is 22.5. The van der Waals surface area contributed by atoms with Crippen LogP contribution in [0.3, 0.4) is 0 Å². The summed E-state index contributed by atoms with van der Waals surface area (Å²) in [5, 5.41) is 14.6. The van der Waals surface area contributed by atoms with E-state index in [-0.39, 0.29) is 43.0 Å². The van der Waals surface area contributed by atoms with Crippen LogP contribution in [-0.4, -0.2) is 59.9 Å². The van der Waals surface area contributed by atoms with Crippen LogP contribution >= 0.6 is 0 Å². The molecule has 2 amide bonds. The Morgan fingerprint density at radius 2 is 1.47 bits per heavy atom. The Labute approximate surface area is 265 Å². The van der Waals surface area contributed by atoms with Gasteiger partial charge in [0.25, 0.3) is 0 Å². The average molecular weight is 615 g/mol. The van der Waals surface area contributed by atoms with Gasteiger partial charge in [-0.2, -0.15) is 0 Å².